The Kier molecular flexibility index (Phi) is 4.14. The number of hydrogen-bond donors (Lipinski definition) is 0. The first-order valence-electron chi connectivity index (χ1n) is 7.82. The van der Waals surface area contributed by atoms with Crippen molar-refractivity contribution in [1.29, 1.82) is 0 Å². The van der Waals surface area contributed by atoms with Crippen LogP contribution in [0.25, 0.3) is 0 Å². The third kappa shape index (κ3) is 3.13. The number of carbonyl (C=O) groups is 1. The lowest BCUT2D eigenvalue weighted by molar-refractivity contribution is 0.0154. The summed E-state index contributed by atoms with van der Waals surface area (Å²) in [4.78, 5) is 13.5. The topological polar surface area (TPSA) is 48.0 Å². The largest absolute Gasteiger partial charge is 0.493 e. The molecule has 5 heteroatoms. The SMILES string of the molecule is COc1ccc(C2CC(C)OC(=O)N2C)cc1OCC1CC1. The van der Waals surface area contributed by atoms with Crippen molar-refractivity contribution >= 4 is 6.09 Å². The monoisotopic (exact) mass is 305 g/mol. The molecule has 5 nitrogen and oxygen atoms in total. The van der Waals surface area contributed by atoms with Gasteiger partial charge < -0.3 is 19.1 Å². The smallest absolute Gasteiger partial charge is 0.410 e. The molecule has 1 aromatic carbocycles. The molecule has 1 aliphatic carbocycles. The van der Waals surface area contributed by atoms with Crippen molar-refractivity contribution in [2.24, 2.45) is 5.92 Å². The Hall–Kier alpha value is -1.91. The first-order chi connectivity index (χ1) is 10.6. The minimum absolute atomic E-state index is 0.00503. The predicted molar refractivity (Wildman–Crippen MR) is 82.3 cm³/mol. The number of carbonyl (C=O) groups excluding carboxylic acids is 1. The molecule has 2 unspecified atom stereocenters. The maximum atomic E-state index is 11.9. The highest BCUT2D eigenvalue weighted by molar-refractivity contribution is 5.69. The number of methoxy groups -OCH3 is 1. The molecule has 1 aromatic rings. The van der Waals surface area contributed by atoms with E-state index in [2.05, 4.69) is 0 Å². The van der Waals surface area contributed by atoms with Gasteiger partial charge in [-0.1, -0.05) is 6.07 Å². The summed E-state index contributed by atoms with van der Waals surface area (Å²) in [7, 11) is 3.42. The molecule has 0 radical (unpaired) electrons. The molecule has 22 heavy (non-hydrogen) atoms. The lowest BCUT2D eigenvalue weighted by atomic mass is 9.98. The number of amides is 1. The van der Waals surface area contributed by atoms with Gasteiger partial charge >= 0.3 is 6.09 Å². The molecule has 0 spiro atoms. The fourth-order valence-corrected chi connectivity index (χ4v) is 2.77. The van der Waals surface area contributed by atoms with E-state index in [4.69, 9.17) is 14.2 Å². The summed E-state index contributed by atoms with van der Waals surface area (Å²) in [6.45, 7) is 2.66. The lowest BCUT2D eigenvalue weighted by Gasteiger charge is -2.35. The summed E-state index contributed by atoms with van der Waals surface area (Å²) in [6, 6.07) is 5.91. The van der Waals surface area contributed by atoms with Crippen LogP contribution in [-0.2, 0) is 4.74 Å². The number of rotatable bonds is 5. The highest BCUT2D eigenvalue weighted by atomic mass is 16.6. The standard InChI is InChI=1S/C17H23NO4/c1-11-8-14(18(2)17(19)22-11)13-6-7-15(20-3)16(9-13)21-10-12-4-5-12/h6-7,9,11-12,14H,4-5,8,10H2,1-3H3. The Morgan fingerprint density at radius 3 is 2.77 bits per heavy atom. The molecular formula is C17H23NO4. The van der Waals surface area contributed by atoms with Crippen molar-refractivity contribution in [2.75, 3.05) is 20.8 Å². The Labute approximate surface area is 131 Å². The van der Waals surface area contributed by atoms with Crippen LogP contribution in [0, 0.1) is 5.92 Å². The Morgan fingerprint density at radius 2 is 2.09 bits per heavy atom. The third-order valence-electron chi connectivity index (χ3n) is 4.36. The third-order valence-corrected chi connectivity index (χ3v) is 4.36. The summed E-state index contributed by atoms with van der Waals surface area (Å²) < 4.78 is 16.5. The second kappa shape index (κ2) is 6.07. The summed E-state index contributed by atoms with van der Waals surface area (Å²) >= 11 is 0. The summed E-state index contributed by atoms with van der Waals surface area (Å²) in [5, 5.41) is 0. The van der Waals surface area contributed by atoms with E-state index < -0.39 is 0 Å². The van der Waals surface area contributed by atoms with E-state index in [1.54, 1.807) is 19.1 Å². The van der Waals surface area contributed by atoms with Crippen molar-refractivity contribution in [3.63, 3.8) is 0 Å². The Balaban J connectivity index is 1.82. The van der Waals surface area contributed by atoms with Gasteiger partial charge in [-0.05, 0) is 43.4 Å². The van der Waals surface area contributed by atoms with Crippen LogP contribution in [0.3, 0.4) is 0 Å². The average Bonchev–Trinajstić information content (AvgIpc) is 3.33. The van der Waals surface area contributed by atoms with E-state index in [0.717, 1.165) is 30.1 Å². The van der Waals surface area contributed by atoms with Gasteiger partial charge in [0.15, 0.2) is 11.5 Å². The second-order valence-electron chi connectivity index (χ2n) is 6.22. The molecule has 0 bridgehead atoms. The Morgan fingerprint density at radius 1 is 1.32 bits per heavy atom. The molecule has 1 heterocycles. The number of hydrogen-bond acceptors (Lipinski definition) is 4. The van der Waals surface area contributed by atoms with Gasteiger partial charge in [-0.3, -0.25) is 0 Å². The summed E-state index contributed by atoms with van der Waals surface area (Å²) in [6.07, 6.45) is 2.91. The molecule has 2 atom stereocenters. The van der Waals surface area contributed by atoms with Crippen molar-refractivity contribution < 1.29 is 19.0 Å². The van der Waals surface area contributed by atoms with E-state index in [0.29, 0.717) is 5.92 Å². The zero-order chi connectivity index (χ0) is 15.7. The second-order valence-corrected chi connectivity index (χ2v) is 6.22. The normalized spacial score (nSPS) is 24.9. The van der Waals surface area contributed by atoms with E-state index in [9.17, 15) is 4.79 Å². The lowest BCUT2D eigenvalue weighted by Crippen LogP contribution is -2.40. The molecular weight excluding hydrogens is 282 g/mol. The van der Waals surface area contributed by atoms with Gasteiger partial charge in [0.25, 0.3) is 0 Å². The minimum Gasteiger partial charge on any atom is -0.493 e. The van der Waals surface area contributed by atoms with Crippen molar-refractivity contribution in [3.05, 3.63) is 23.8 Å². The molecule has 3 rings (SSSR count). The van der Waals surface area contributed by atoms with Gasteiger partial charge in [0.2, 0.25) is 0 Å². The summed E-state index contributed by atoms with van der Waals surface area (Å²) in [5.41, 5.74) is 1.05. The van der Waals surface area contributed by atoms with E-state index in [1.807, 2.05) is 25.1 Å². The molecule has 0 aromatic heterocycles. The van der Waals surface area contributed by atoms with Crippen LogP contribution in [0.1, 0.15) is 37.8 Å². The van der Waals surface area contributed by atoms with Crippen molar-refractivity contribution in [3.8, 4) is 11.5 Å². The van der Waals surface area contributed by atoms with Crippen LogP contribution < -0.4 is 9.47 Å². The van der Waals surface area contributed by atoms with Gasteiger partial charge in [-0.2, -0.15) is 0 Å². The number of nitrogens with zero attached hydrogens (tertiary/aromatic N) is 1. The van der Waals surface area contributed by atoms with Gasteiger partial charge in [-0.25, -0.2) is 4.79 Å². The molecule has 1 saturated carbocycles. The number of benzene rings is 1. The van der Waals surface area contributed by atoms with Gasteiger partial charge in [0.05, 0.1) is 19.8 Å². The molecule has 1 amide bonds. The predicted octanol–water partition coefficient (Wildman–Crippen LogP) is 3.39. The quantitative estimate of drug-likeness (QED) is 0.836. The first-order valence-corrected chi connectivity index (χ1v) is 7.82. The maximum Gasteiger partial charge on any atom is 0.410 e. The fraction of sp³-hybridized carbons (Fsp3) is 0.588. The van der Waals surface area contributed by atoms with E-state index >= 15 is 0 Å². The highest BCUT2D eigenvalue weighted by Gasteiger charge is 2.32. The molecule has 2 fully saturated rings. The molecule has 1 aliphatic heterocycles. The average molecular weight is 305 g/mol. The fourth-order valence-electron chi connectivity index (χ4n) is 2.77. The number of ether oxygens (including phenoxy) is 3. The van der Waals surface area contributed by atoms with Crippen molar-refractivity contribution in [1.82, 2.24) is 4.90 Å². The maximum absolute atomic E-state index is 11.9. The van der Waals surface area contributed by atoms with Gasteiger partial charge in [0, 0.05) is 13.5 Å². The highest BCUT2D eigenvalue weighted by Crippen LogP contribution is 2.37. The minimum atomic E-state index is -0.278. The van der Waals surface area contributed by atoms with Gasteiger partial charge in [-0.15, -0.1) is 0 Å². The number of cyclic esters (lactones) is 1. The zero-order valence-electron chi connectivity index (χ0n) is 13.4. The van der Waals surface area contributed by atoms with E-state index in [-0.39, 0.29) is 18.2 Å². The van der Waals surface area contributed by atoms with Crippen LogP contribution in [0.4, 0.5) is 4.79 Å². The van der Waals surface area contributed by atoms with Crippen LogP contribution in [-0.4, -0.2) is 37.9 Å². The van der Waals surface area contributed by atoms with E-state index in [1.165, 1.54) is 12.8 Å². The van der Waals surface area contributed by atoms with Crippen molar-refractivity contribution in [2.45, 2.75) is 38.3 Å². The van der Waals surface area contributed by atoms with Crippen LogP contribution in [0.15, 0.2) is 18.2 Å². The first kappa shape index (κ1) is 15.0. The molecule has 0 N–H and O–H groups in total. The van der Waals surface area contributed by atoms with Crippen LogP contribution >= 0.6 is 0 Å². The molecule has 1 saturated heterocycles. The summed E-state index contributed by atoms with van der Waals surface area (Å²) in [5.74, 6) is 2.17. The molecule has 120 valence electrons. The van der Waals surface area contributed by atoms with Crippen LogP contribution in [0.2, 0.25) is 0 Å². The molecule has 2 aliphatic rings. The van der Waals surface area contributed by atoms with Gasteiger partial charge in [0.1, 0.15) is 6.10 Å². The zero-order valence-corrected chi connectivity index (χ0v) is 13.4. The van der Waals surface area contributed by atoms with Crippen LogP contribution in [0.5, 0.6) is 11.5 Å². The Bertz CT molecular complexity index is 556.